The van der Waals surface area contributed by atoms with E-state index in [1.54, 1.807) is 24.3 Å². The Bertz CT molecular complexity index is 2200. The second-order valence-corrected chi connectivity index (χ2v) is 17.6. The molecular formula is C42H53N3O8S2. The molecule has 1 heterocycles. The Morgan fingerprint density at radius 1 is 0.891 bits per heavy atom. The number of fused-ring (bicyclic) bond motifs is 1. The van der Waals surface area contributed by atoms with E-state index in [9.17, 15) is 35.8 Å². The van der Waals surface area contributed by atoms with Crippen molar-refractivity contribution in [1.29, 1.82) is 0 Å². The monoisotopic (exact) mass is 791 g/mol. The minimum absolute atomic E-state index is 0.0137. The van der Waals surface area contributed by atoms with Crippen LogP contribution in [0.1, 0.15) is 82.6 Å². The molecule has 0 atom stereocenters. The number of hydrogen-bond acceptors (Lipinski definition) is 8. The molecule has 55 heavy (non-hydrogen) atoms. The van der Waals surface area contributed by atoms with Crippen LogP contribution in [0.15, 0.2) is 112 Å². The van der Waals surface area contributed by atoms with E-state index in [1.807, 2.05) is 84.1 Å². The van der Waals surface area contributed by atoms with Crippen LogP contribution in [0.2, 0.25) is 0 Å². The molecule has 0 radical (unpaired) electrons. The van der Waals surface area contributed by atoms with Gasteiger partial charge in [0.15, 0.2) is 0 Å². The van der Waals surface area contributed by atoms with Gasteiger partial charge in [0.05, 0.1) is 9.79 Å². The molecule has 0 unspecified atom stereocenters. The van der Waals surface area contributed by atoms with E-state index < -0.39 is 31.1 Å². The Labute approximate surface area is 326 Å². The van der Waals surface area contributed by atoms with Gasteiger partial charge in [-0.15, -0.1) is 0 Å². The zero-order valence-corrected chi connectivity index (χ0v) is 34.0. The van der Waals surface area contributed by atoms with Crippen molar-refractivity contribution in [3.8, 4) is 5.75 Å². The van der Waals surface area contributed by atoms with Gasteiger partial charge in [0.2, 0.25) is 5.91 Å². The number of aryl methyl sites for hydroxylation is 1. The van der Waals surface area contributed by atoms with Crippen molar-refractivity contribution >= 4 is 37.5 Å². The molecule has 296 valence electrons. The number of aromatic hydroxyl groups is 1. The zero-order chi connectivity index (χ0) is 40.6. The highest BCUT2D eigenvalue weighted by atomic mass is 32.2. The van der Waals surface area contributed by atoms with E-state index in [4.69, 9.17) is 4.99 Å². The standard InChI is InChI=1S/C42H53N3O8S2/c1-7-43-38(41(3,4)35-28-33(54(48,49)50)22-17-30(35)2)14-10-8-11-15-39-42(5,6)36-29-34(55(51,52)53)23-24-37(36)45(39)27-13-9-12-16-40(47)44-26-25-31-18-20-32(46)21-19-31/h8,10-11,14-15,17-24,28-29,46H,7,9,12-13,16,25-27H2,1-6H3,(H,44,47)(H,48,49,50)(H,51,52,53)/b11-8+,14-10+,39-15-,43-38?. The molecule has 3 aromatic rings. The van der Waals surface area contributed by atoms with Crippen LogP contribution in [0.25, 0.3) is 0 Å². The highest BCUT2D eigenvalue weighted by Gasteiger charge is 2.40. The quantitative estimate of drug-likeness (QED) is 0.0464. The number of aliphatic imine (C=N–C) groups is 1. The van der Waals surface area contributed by atoms with Gasteiger partial charge >= 0.3 is 0 Å². The van der Waals surface area contributed by atoms with Crippen LogP contribution in [0, 0.1) is 6.92 Å². The third-order valence-electron chi connectivity index (χ3n) is 10.00. The van der Waals surface area contributed by atoms with Gasteiger partial charge in [0, 0.05) is 54.0 Å². The van der Waals surface area contributed by atoms with Gasteiger partial charge in [-0.1, -0.05) is 70.5 Å². The number of allylic oxidation sites excluding steroid dienone is 6. The highest BCUT2D eigenvalue weighted by Crippen LogP contribution is 2.48. The summed E-state index contributed by atoms with van der Waals surface area (Å²) in [5.41, 5.74) is 4.61. The number of carbonyl (C=O) groups excluding carboxylic acids is 1. The van der Waals surface area contributed by atoms with Crippen LogP contribution < -0.4 is 10.2 Å². The van der Waals surface area contributed by atoms with Gasteiger partial charge in [-0.3, -0.25) is 18.9 Å². The number of phenols is 1. The molecule has 1 aliphatic rings. The Hall–Kier alpha value is -4.56. The van der Waals surface area contributed by atoms with Crippen molar-refractivity contribution in [2.75, 3.05) is 24.5 Å². The van der Waals surface area contributed by atoms with Crippen LogP contribution >= 0.6 is 0 Å². The first kappa shape index (κ1) is 43.2. The van der Waals surface area contributed by atoms with Gasteiger partial charge in [0.1, 0.15) is 5.75 Å². The lowest BCUT2D eigenvalue weighted by molar-refractivity contribution is -0.121. The molecule has 0 spiro atoms. The number of rotatable bonds is 17. The number of carbonyl (C=O) groups is 1. The molecule has 0 saturated carbocycles. The number of amides is 1. The number of phenolic OH excluding ortho intramolecular Hbond substituents is 1. The predicted molar refractivity (Wildman–Crippen MR) is 218 cm³/mol. The molecule has 3 aromatic carbocycles. The summed E-state index contributed by atoms with van der Waals surface area (Å²) in [6.45, 7) is 13.4. The van der Waals surface area contributed by atoms with Crippen LogP contribution in [-0.4, -0.2) is 62.3 Å². The zero-order valence-electron chi connectivity index (χ0n) is 32.4. The topological polar surface area (TPSA) is 174 Å². The summed E-state index contributed by atoms with van der Waals surface area (Å²) in [4.78, 5) is 19.0. The van der Waals surface area contributed by atoms with E-state index in [0.29, 0.717) is 38.9 Å². The lowest BCUT2D eigenvalue weighted by Gasteiger charge is -2.28. The van der Waals surface area contributed by atoms with Crippen molar-refractivity contribution in [3.05, 3.63) is 119 Å². The van der Waals surface area contributed by atoms with E-state index in [0.717, 1.165) is 52.2 Å². The molecule has 1 amide bonds. The summed E-state index contributed by atoms with van der Waals surface area (Å²) < 4.78 is 67.4. The second kappa shape index (κ2) is 17.9. The predicted octanol–water partition coefficient (Wildman–Crippen LogP) is 7.65. The Balaban J connectivity index is 1.49. The molecule has 11 nitrogen and oxygen atoms in total. The van der Waals surface area contributed by atoms with Crippen molar-refractivity contribution < 1.29 is 35.8 Å². The molecule has 0 aliphatic carbocycles. The summed E-state index contributed by atoms with van der Waals surface area (Å²) in [7, 11) is -8.80. The maximum absolute atomic E-state index is 12.5. The van der Waals surface area contributed by atoms with Crippen molar-refractivity contribution in [2.24, 2.45) is 4.99 Å². The summed E-state index contributed by atoms with van der Waals surface area (Å²) in [5.74, 6) is 0.193. The smallest absolute Gasteiger partial charge is 0.294 e. The number of benzene rings is 3. The molecule has 1 aliphatic heterocycles. The van der Waals surface area contributed by atoms with Crippen LogP contribution in [0.4, 0.5) is 5.69 Å². The minimum atomic E-state index is -4.41. The van der Waals surface area contributed by atoms with Crippen LogP contribution in [0.3, 0.4) is 0 Å². The van der Waals surface area contributed by atoms with Crippen molar-refractivity contribution in [2.45, 2.75) is 94.3 Å². The maximum Gasteiger partial charge on any atom is 0.294 e. The van der Waals surface area contributed by atoms with Crippen LogP contribution in [0.5, 0.6) is 5.75 Å². The molecule has 4 rings (SSSR count). The number of unbranched alkanes of at least 4 members (excludes halogenated alkanes) is 2. The van der Waals surface area contributed by atoms with E-state index >= 15 is 0 Å². The first-order valence-electron chi connectivity index (χ1n) is 18.4. The number of nitrogens with zero attached hydrogens (tertiary/aromatic N) is 2. The highest BCUT2D eigenvalue weighted by molar-refractivity contribution is 7.86. The first-order valence-corrected chi connectivity index (χ1v) is 21.3. The molecule has 4 N–H and O–H groups in total. The van der Waals surface area contributed by atoms with Gasteiger partial charge in [-0.25, -0.2) is 0 Å². The summed E-state index contributed by atoms with van der Waals surface area (Å²) in [6, 6.07) is 16.1. The van der Waals surface area contributed by atoms with E-state index in [2.05, 4.69) is 10.2 Å². The van der Waals surface area contributed by atoms with E-state index in [1.165, 1.54) is 24.3 Å². The SMILES string of the molecule is CCN=C(/C=C/C=C/C=C1\N(CCCCCC(=O)NCCc2ccc(O)cc2)c2ccc(S(=O)(=O)O)cc2C1(C)C)C(C)(C)c1cc(S(=O)(=O)O)ccc1C. The third kappa shape index (κ3) is 11.0. The molecule has 0 fully saturated rings. The fraction of sp³-hybridized carbons (Fsp3) is 0.381. The van der Waals surface area contributed by atoms with Gasteiger partial charge in [-0.2, -0.15) is 16.8 Å². The minimum Gasteiger partial charge on any atom is -0.508 e. The lowest BCUT2D eigenvalue weighted by Crippen LogP contribution is -2.29. The average molecular weight is 792 g/mol. The third-order valence-corrected chi connectivity index (χ3v) is 11.7. The number of hydrogen-bond donors (Lipinski definition) is 4. The number of anilines is 1. The average Bonchev–Trinajstić information content (AvgIpc) is 3.32. The van der Waals surface area contributed by atoms with Gasteiger partial charge < -0.3 is 15.3 Å². The van der Waals surface area contributed by atoms with Crippen LogP contribution in [-0.2, 0) is 42.3 Å². The summed E-state index contributed by atoms with van der Waals surface area (Å²) in [6.07, 6.45) is 12.9. The molecule has 0 saturated heterocycles. The second-order valence-electron chi connectivity index (χ2n) is 14.7. The fourth-order valence-corrected chi connectivity index (χ4v) is 7.96. The summed E-state index contributed by atoms with van der Waals surface area (Å²) in [5, 5.41) is 12.4. The molecule has 13 heteroatoms. The Kier molecular flexibility index (Phi) is 14.1. The lowest BCUT2D eigenvalue weighted by atomic mass is 9.77. The molecule has 0 bridgehead atoms. The molecule has 0 aromatic heterocycles. The fourth-order valence-electron chi connectivity index (χ4n) is 6.94. The normalized spacial score (nSPS) is 15.7. The largest absolute Gasteiger partial charge is 0.508 e. The Morgan fingerprint density at radius 3 is 2.20 bits per heavy atom. The first-order chi connectivity index (χ1) is 25.8. The Morgan fingerprint density at radius 2 is 1.55 bits per heavy atom. The number of nitrogens with one attached hydrogen (secondary N) is 1. The van der Waals surface area contributed by atoms with Crippen molar-refractivity contribution in [3.63, 3.8) is 0 Å². The summed E-state index contributed by atoms with van der Waals surface area (Å²) >= 11 is 0. The molecular weight excluding hydrogens is 739 g/mol. The van der Waals surface area contributed by atoms with E-state index in [-0.39, 0.29) is 21.4 Å². The van der Waals surface area contributed by atoms with Gasteiger partial charge in [0.25, 0.3) is 20.2 Å². The van der Waals surface area contributed by atoms with Crippen molar-refractivity contribution in [1.82, 2.24) is 5.32 Å². The van der Waals surface area contributed by atoms with Gasteiger partial charge in [-0.05, 0) is 110 Å². The maximum atomic E-state index is 12.5.